The molecule has 0 fully saturated rings. The summed E-state index contributed by atoms with van der Waals surface area (Å²) in [4.78, 5) is 22.5. The molecular weight excluding hydrogens is 334 g/mol. The first-order chi connectivity index (χ1) is 12.1. The first-order valence-electron chi connectivity index (χ1n) is 9.00. The van der Waals surface area contributed by atoms with Crippen molar-refractivity contribution < 1.29 is 9.53 Å². The van der Waals surface area contributed by atoms with Crippen LogP contribution >= 0.6 is 11.3 Å². The molecule has 0 unspecified atom stereocenters. The quantitative estimate of drug-likeness (QED) is 0.768. The topological polar surface area (TPSA) is 64.1 Å². The van der Waals surface area contributed by atoms with E-state index in [1.54, 1.807) is 18.3 Å². The van der Waals surface area contributed by atoms with Gasteiger partial charge in [-0.05, 0) is 52.0 Å². The summed E-state index contributed by atoms with van der Waals surface area (Å²) in [5.74, 6) is 0.446. The Labute approximate surface area is 152 Å². The highest BCUT2D eigenvalue weighted by atomic mass is 32.1. The third-order valence-corrected chi connectivity index (χ3v) is 5.32. The fourth-order valence-corrected chi connectivity index (χ4v) is 4.08. The molecule has 0 aromatic carbocycles. The first kappa shape index (κ1) is 17.9. The van der Waals surface area contributed by atoms with Crippen LogP contribution in [0.1, 0.15) is 59.0 Å². The molecule has 134 valence electrons. The zero-order valence-electron chi connectivity index (χ0n) is 14.9. The smallest absolute Gasteiger partial charge is 0.252 e. The van der Waals surface area contributed by atoms with Gasteiger partial charge in [-0.25, -0.2) is 9.97 Å². The molecule has 0 bridgehead atoms. The van der Waals surface area contributed by atoms with Crippen molar-refractivity contribution in [1.82, 2.24) is 15.3 Å². The van der Waals surface area contributed by atoms with Crippen LogP contribution in [-0.4, -0.2) is 28.5 Å². The van der Waals surface area contributed by atoms with Crippen LogP contribution in [0, 0.1) is 0 Å². The lowest BCUT2D eigenvalue weighted by atomic mass is 10.0. The fraction of sp³-hybridized carbons (Fsp3) is 0.526. The molecule has 0 atom stereocenters. The van der Waals surface area contributed by atoms with Gasteiger partial charge in [0.1, 0.15) is 0 Å². The maximum atomic E-state index is 12.1. The number of thiazole rings is 1. The van der Waals surface area contributed by atoms with E-state index in [9.17, 15) is 4.79 Å². The lowest BCUT2D eigenvalue weighted by Gasteiger charge is -2.09. The molecule has 6 heteroatoms. The molecule has 25 heavy (non-hydrogen) atoms. The molecule has 2 aromatic rings. The zero-order valence-corrected chi connectivity index (χ0v) is 15.7. The molecule has 2 heterocycles. The number of carbonyl (C=O) groups excluding carboxylic acids is 1. The largest absolute Gasteiger partial charge is 0.475 e. The molecule has 0 saturated carbocycles. The van der Waals surface area contributed by atoms with Crippen molar-refractivity contribution in [3.8, 4) is 5.88 Å². The van der Waals surface area contributed by atoms with Crippen molar-refractivity contribution in [2.24, 2.45) is 0 Å². The average molecular weight is 359 g/mol. The number of nitrogens with zero attached hydrogens (tertiary/aromatic N) is 2. The van der Waals surface area contributed by atoms with Gasteiger partial charge in [-0.15, -0.1) is 11.3 Å². The van der Waals surface area contributed by atoms with Crippen LogP contribution in [0.25, 0.3) is 0 Å². The van der Waals surface area contributed by atoms with E-state index in [2.05, 4.69) is 10.3 Å². The number of pyridine rings is 1. The van der Waals surface area contributed by atoms with Gasteiger partial charge in [0, 0.05) is 30.1 Å². The number of hydrogen-bond donors (Lipinski definition) is 1. The molecule has 2 aromatic heterocycles. The molecule has 5 nitrogen and oxygen atoms in total. The summed E-state index contributed by atoms with van der Waals surface area (Å²) in [6.07, 6.45) is 8.34. The van der Waals surface area contributed by atoms with Gasteiger partial charge < -0.3 is 10.1 Å². The SMILES string of the molecule is CC(C)Oc1ccc(C(=O)NCCCc2nc3c(s2)CCCC3)cn1. The Bertz CT molecular complexity index is 686. The van der Waals surface area contributed by atoms with E-state index in [-0.39, 0.29) is 12.0 Å². The molecule has 1 N–H and O–H groups in total. The monoisotopic (exact) mass is 359 g/mol. The van der Waals surface area contributed by atoms with Crippen LogP contribution < -0.4 is 10.1 Å². The van der Waals surface area contributed by atoms with Crippen molar-refractivity contribution in [2.45, 2.75) is 58.5 Å². The summed E-state index contributed by atoms with van der Waals surface area (Å²) in [5.41, 5.74) is 1.87. The van der Waals surface area contributed by atoms with Crippen molar-refractivity contribution >= 4 is 17.2 Å². The summed E-state index contributed by atoms with van der Waals surface area (Å²) in [6.45, 7) is 4.54. The van der Waals surface area contributed by atoms with E-state index in [1.807, 2.05) is 25.2 Å². The van der Waals surface area contributed by atoms with Gasteiger partial charge >= 0.3 is 0 Å². The highest BCUT2D eigenvalue weighted by molar-refractivity contribution is 7.11. The van der Waals surface area contributed by atoms with Gasteiger partial charge in [0.15, 0.2) is 0 Å². The van der Waals surface area contributed by atoms with E-state index in [1.165, 1.54) is 34.8 Å². The molecule has 1 aliphatic rings. The maximum Gasteiger partial charge on any atom is 0.252 e. The summed E-state index contributed by atoms with van der Waals surface area (Å²) < 4.78 is 5.48. The molecule has 0 spiro atoms. The second kappa shape index (κ2) is 8.43. The van der Waals surface area contributed by atoms with Crippen LogP contribution in [0.15, 0.2) is 18.3 Å². The summed E-state index contributed by atoms with van der Waals surface area (Å²) in [7, 11) is 0. The minimum absolute atomic E-state index is 0.0729. The molecule has 1 aliphatic carbocycles. The van der Waals surface area contributed by atoms with Gasteiger partial charge in [-0.2, -0.15) is 0 Å². The summed E-state index contributed by atoms with van der Waals surface area (Å²) in [6, 6.07) is 3.48. The zero-order chi connectivity index (χ0) is 17.6. The lowest BCUT2D eigenvalue weighted by Crippen LogP contribution is -2.24. The molecule has 0 saturated heterocycles. The Morgan fingerprint density at radius 1 is 1.32 bits per heavy atom. The van der Waals surface area contributed by atoms with Crippen LogP contribution in [0.5, 0.6) is 5.88 Å². The third-order valence-electron chi connectivity index (χ3n) is 4.10. The first-order valence-corrected chi connectivity index (χ1v) is 9.82. The second-order valence-electron chi connectivity index (χ2n) is 6.60. The minimum Gasteiger partial charge on any atom is -0.475 e. The summed E-state index contributed by atoms with van der Waals surface area (Å²) in [5, 5.41) is 4.15. The highest BCUT2D eigenvalue weighted by Gasteiger charge is 2.14. The number of rotatable bonds is 7. The van der Waals surface area contributed by atoms with E-state index in [0.717, 1.165) is 19.3 Å². The molecule has 0 radical (unpaired) electrons. The van der Waals surface area contributed by atoms with Crippen LogP contribution in [0.3, 0.4) is 0 Å². The van der Waals surface area contributed by atoms with E-state index >= 15 is 0 Å². The Morgan fingerprint density at radius 3 is 2.88 bits per heavy atom. The minimum atomic E-state index is -0.0953. The number of ether oxygens (including phenoxy) is 1. The molecule has 1 amide bonds. The van der Waals surface area contributed by atoms with Crippen molar-refractivity contribution in [3.05, 3.63) is 39.5 Å². The van der Waals surface area contributed by atoms with Gasteiger partial charge in [-0.3, -0.25) is 4.79 Å². The van der Waals surface area contributed by atoms with Crippen LogP contribution in [0.4, 0.5) is 0 Å². The predicted molar refractivity (Wildman–Crippen MR) is 99.4 cm³/mol. The number of fused-ring (bicyclic) bond motifs is 1. The Balaban J connectivity index is 1.42. The van der Waals surface area contributed by atoms with Gasteiger partial charge in [0.25, 0.3) is 5.91 Å². The van der Waals surface area contributed by atoms with Gasteiger partial charge in [-0.1, -0.05) is 0 Å². The van der Waals surface area contributed by atoms with E-state index in [0.29, 0.717) is 18.0 Å². The fourth-order valence-electron chi connectivity index (χ4n) is 2.88. The van der Waals surface area contributed by atoms with Crippen molar-refractivity contribution in [2.75, 3.05) is 6.54 Å². The standard InChI is InChI=1S/C19H25N3O2S/c1-13(2)24-17-10-9-14(12-21-17)19(23)20-11-5-8-18-22-15-6-3-4-7-16(15)25-18/h9-10,12-13H,3-8,11H2,1-2H3,(H,20,23). The number of aryl methyl sites for hydroxylation is 3. The van der Waals surface area contributed by atoms with E-state index < -0.39 is 0 Å². The number of carbonyl (C=O) groups is 1. The molecule has 3 rings (SSSR count). The van der Waals surface area contributed by atoms with E-state index in [4.69, 9.17) is 9.72 Å². The summed E-state index contributed by atoms with van der Waals surface area (Å²) >= 11 is 1.85. The number of amides is 1. The Hall–Kier alpha value is -1.95. The molecule has 0 aliphatic heterocycles. The van der Waals surface area contributed by atoms with Gasteiger partial charge in [0.2, 0.25) is 5.88 Å². The number of aromatic nitrogens is 2. The average Bonchev–Trinajstić information content (AvgIpc) is 3.01. The highest BCUT2D eigenvalue weighted by Crippen LogP contribution is 2.27. The maximum absolute atomic E-state index is 12.1. The molecular formula is C19H25N3O2S. The van der Waals surface area contributed by atoms with Crippen molar-refractivity contribution in [3.63, 3.8) is 0 Å². The predicted octanol–water partition coefficient (Wildman–Crippen LogP) is 3.57. The number of hydrogen-bond acceptors (Lipinski definition) is 5. The van der Waals surface area contributed by atoms with Gasteiger partial charge in [0.05, 0.1) is 22.4 Å². The number of nitrogens with one attached hydrogen (secondary N) is 1. The Kier molecular flexibility index (Phi) is 6.02. The van der Waals surface area contributed by atoms with Crippen molar-refractivity contribution in [1.29, 1.82) is 0 Å². The second-order valence-corrected chi connectivity index (χ2v) is 7.76. The normalized spacial score (nSPS) is 13.6. The van der Waals surface area contributed by atoms with Crippen LogP contribution in [0.2, 0.25) is 0 Å². The third kappa shape index (κ3) is 5.01. The lowest BCUT2D eigenvalue weighted by molar-refractivity contribution is 0.0952. The Morgan fingerprint density at radius 2 is 2.16 bits per heavy atom. The van der Waals surface area contributed by atoms with Crippen LogP contribution in [-0.2, 0) is 19.3 Å².